The van der Waals surface area contributed by atoms with Crippen molar-refractivity contribution in [2.24, 2.45) is 0 Å². The first-order valence-corrected chi connectivity index (χ1v) is 6.84. The summed E-state index contributed by atoms with van der Waals surface area (Å²) >= 11 is 3.21. The molecule has 0 radical (unpaired) electrons. The van der Waals surface area contributed by atoms with Gasteiger partial charge in [-0.15, -0.1) is 0 Å². The Bertz CT molecular complexity index is 608. The van der Waals surface area contributed by atoms with E-state index in [9.17, 15) is 4.79 Å². The molecule has 0 aliphatic carbocycles. The number of para-hydroxylation sites is 2. The fourth-order valence-electron chi connectivity index (χ4n) is 2.10. The molecule has 1 aromatic carbocycles. The highest BCUT2D eigenvalue weighted by molar-refractivity contribution is 9.10. The molecule has 5 heteroatoms. The van der Waals surface area contributed by atoms with E-state index in [-0.39, 0.29) is 5.91 Å². The molecule has 1 aliphatic heterocycles. The number of fused-ring (bicyclic) bond motifs is 1. The smallest absolute Gasteiger partial charge is 0.294 e. The van der Waals surface area contributed by atoms with Crippen LogP contribution in [0.3, 0.4) is 0 Å². The van der Waals surface area contributed by atoms with Crippen molar-refractivity contribution in [3.05, 3.63) is 46.8 Å². The van der Waals surface area contributed by atoms with Crippen molar-refractivity contribution < 1.29 is 13.9 Å². The number of hydrogen-bond acceptors (Lipinski definition) is 3. The average molecular weight is 322 g/mol. The first kappa shape index (κ1) is 12.3. The molecule has 0 spiro atoms. The van der Waals surface area contributed by atoms with Gasteiger partial charge in [0.05, 0.1) is 12.3 Å². The number of anilines is 1. The molecule has 0 N–H and O–H groups in total. The van der Waals surface area contributed by atoms with Gasteiger partial charge in [-0.3, -0.25) is 4.79 Å². The van der Waals surface area contributed by atoms with Gasteiger partial charge in [0.2, 0.25) is 0 Å². The maximum absolute atomic E-state index is 12.5. The van der Waals surface area contributed by atoms with Crippen LogP contribution >= 0.6 is 15.9 Å². The third-order valence-electron chi connectivity index (χ3n) is 2.97. The van der Waals surface area contributed by atoms with Crippen LogP contribution in [0, 0.1) is 0 Å². The molecular formula is C14H12BrNO3. The number of amides is 1. The Labute approximate surface area is 119 Å². The van der Waals surface area contributed by atoms with Gasteiger partial charge in [0.25, 0.3) is 5.91 Å². The number of carbonyl (C=O) groups is 1. The highest BCUT2D eigenvalue weighted by atomic mass is 79.9. The van der Waals surface area contributed by atoms with Crippen molar-refractivity contribution in [2.45, 2.75) is 6.42 Å². The van der Waals surface area contributed by atoms with Crippen LogP contribution in [-0.2, 0) is 0 Å². The van der Waals surface area contributed by atoms with Crippen LogP contribution in [0.5, 0.6) is 5.75 Å². The maximum Gasteiger partial charge on any atom is 0.294 e. The molecule has 0 atom stereocenters. The van der Waals surface area contributed by atoms with E-state index in [0.717, 1.165) is 17.9 Å². The number of nitrogens with zero attached hydrogens (tertiary/aromatic N) is 1. The Hall–Kier alpha value is -1.75. The second kappa shape index (κ2) is 5.09. The number of benzene rings is 1. The highest BCUT2D eigenvalue weighted by Gasteiger charge is 2.24. The maximum atomic E-state index is 12.5. The number of hydrogen-bond donors (Lipinski definition) is 0. The standard InChI is InChI=1S/C14H12BrNO3/c15-13-7-6-12(19-13)14(17)16-8-3-9-18-11-5-2-1-4-10(11)16/h1-2,4-7H,3,8-9H2. The topological polar surface area (TPSA) is 42.7 Å². The third-order valence-corrected chi connectivity index (χ3v) is 3.40. The van der Waals surface area contributed by atoms with Crippen LogP contribution < -0.4 is 9.64 Å². The van der Waals surface area contributed by atoms with E-state index < -0.39 is 0 Å². The summed E-state index contributed by atoms with van der Waals surface area (Å²) < 4.78 is 11.5. The van der Waals surface area contributed by atoms with Crippen molar-refractivity contribution in [3.8, 4) is 5.75 Å². The Morgan fingerprint density at radius 1 is 1.21 bits per heavy atom. The molecule has 1 amide bonds. The fourth-order valence-corrected chi connectivity index (χ4v) is 2.41. The summed E-state index contributed by atoms with van der Waals surface area (Å²) in [4.78, 5) is 14.2. The lowest BCUT2D eigenvalue weighted by atomic mass is 10.2. The van der Waals surface area contributed by atoms with E-state index in [4.69, 9.17) is 9.15 Å². The van der Waals surface area contributed by atoms with Crippen LogP contribution in [0.25, 0.3) is 0 Å². The van der Waals surface area contributed by atoms with Crippen LogP contribution in [0.15, 0.2) is 45.5 Å². The Kier molecular flexibility index (Phi) is 3.29. The van der Waals surface area contributed by atoms with Gasteiger partial charge in [-0.25, -0.2) is 0 Å². The Morgan fingerprint density at radius 2 is 2.05 bits per heavy atom. The molecule has 4 nitrogen and oxygen atoms in total. The van der Waals surface area contributed by atoms with Crippen molar-refractivity contribution in [1.29, 1.82) is 0 Å². The molecule has 2 heterocycles. The van der Waals surface area contributed by atoms with Crippen molar-refractivity contribution in [3.63, 3.8) is 0 Å². The minimum atomic E-state index is -0.149. The van der Waals surface area contributed by atoms with Gasteiger partial charge < -0.3 is 14.1 Å². The number of halogens is 1. The molecule has 2 aromatic rings. The predicted octanol–water partition coefficient (Wildman–Crippen LogP) is 3.47. The summed E-state index contributed by atoms with van der Waals surface area (Å²) in [5.41, 5.74) is 0.789. The lowest BCUT2D eigenvalue weighted by Crippen LogP contribution is -2.31. The van der Waals surface area contributed by atoms with Gasteiger partial charge in [0, 0.05) is 6.54 Å². The van der Waals surface area contributed by atoms with Gasteiger partial charge in [-0.1, -0.05) is 12.1 Å². The molecule has 0 saturated heterocycles. The molecule has 0 bridgehead atoms. The van der Waals surface area contributed by atoms with Crippen LogP contribution in [0.1, 0.15) is 17.0 Å². The van der Waals surface area contributed by atoms with Gasteiger partial charge in [-0.05, 0) is 46.6 Å². The number of rotatable bonds is 1. The monoisotopic (exact) mass is 321 g/mol. The molecular weight excluding hydrogens is 310 g/mol. The van der Waals surface area contributed by atoms with Gasteiger partial charge in [0.1, 0.15) is 5.75 Å². The molecule has 98 valence electrons. The zero-order valence-corrected chi connectivity index (χ0v) is 11.7. The SMILES string of the molecule is O=C(c1ccc(Br)o1)N1CCCOc2ccccc21. The van der Waals surface area contributed by atoms with Crippen LogP contribution in [0.2, 0.25) is 0 Å². The van der Waals surface area contributed by atoms with E-state index in [1.165, 1.54) is 0 Å². The van der Waals surface area contributed by atoms with Gasteiger partial charge in [0.15, 0.2) is 10.4 Å². The summed E-state index contributed by atoms with van der Waals surface area (Å²) in [6.45, 7) is 1.23. The number of carbonyl (C=O) groups excluding carboxylic acids is 1. The van der Waals surface area contributed by atoms with Gasteiger partial charge >= 0.3 is 0 Å². The largest absolute Gasteiger partial charge is 0.491 e. The normalized spacial score (nSPS) is 14.5. The zero-order valence-electron chi connectivity index (χ0n) is 10.1. The molecule has 1 aliphatic rings. The molecule has 3 rings (SSSR count). The van der Waals surface area contributed by atoms with E-state index in [0.29, 0.717) is 23.6 Å². The summed E-state index contributed by atoms with van der Waals surface area (Å²) in [6, 6.07) is 10.9. The highest BCUT2D eigenvalue weighted by Crippen LogP contribution is 2.31. The zero-order chi connectivity index (χ0) is 13.2. The molecule has 0 fully saturated rings. The minimum absolute atomic E-state index is 0.149. The second-order valence-corrected chi connectivity index (χ2v) is 5.01. The third kappa shape index (κ3) is 2.38. The van der Waals surface area contributed by atoms with Crippen molar-refractivity contribution in [1.82, 2.24) is 0 Å². The average Bonchev–Trinajstić information content (AvgIpc) is 2.74. The van der Waals surface area contributed by atoms with Crippen LogP contribution in [-0.4, -0.2) is 19.1 Å². The fraction of sp³-hybridized carbons (Fsp3) is 0.214. The van der Waals surface area contributed by atoms with Crippen molar-refractivity contribution >= 4 is 27.5 Å². The first-order valence-electron chi connectivity index (χ1n) is 6.05. The Morgan fingerprint density at radius 3 is 2.84 bits per heavy atom. The lowest BCUT2D eigenvalue weighted by molar-refractivity contribution is 0.0959. The van der Waals surface area contributed by atoms with E-state index in [2.05, 4.69) is 15.9 Å². The number of furan rings is 1. The van der Waals surface area contributed by atoms with E-state index in [1.54, 1.807) is 17.0 Å². The summed E-state index contributed by atoms with van der Waals surface area (Å²) in [5, 5.41) is 0. The molecule has 0 unspecified atom stereocenters. The molecule has 1 aromatic heterocycles. The lowest BCUT2D eigenvalue weighted by Gasteiger charge is -2.20. The van der Waals surface area contributed by atoms with E-state index in [1.807, 2.05) is 24.3 Å². The van der Waals surface area contributed by atoms with Crippen LogP contribution in [0.4, 0.5) is 5.69 Å². The van der Waals surface area contributed by atoms with E-state index >= 15 is 0 Å². The van der Waals surface area contributed by atoms with Crippen molar-refractivity contribution in [2.75, 3.05) is 18.1 Å². The van der Waals surface area contributed by atoms with Gasteiger partial charge in [-0.2, -0.15) is 0 Å². The summed E-state index contributed by atoms with van der Waals surface area (Å²) in [6.07, 6.45) is 0.794. The minimum Gasteiger partial charge on any atom is -0.491 e. The molecule has 0 saturated carbocycles. The summed E-state index contributed by atoms with van der Waals surface area (Å²) in [7, 11) is 0. The number of ether oxygens (including phenoxy) is 1. The Balaban J connectivity index is 1.98. The summed E-state index contributed by atoms with van der Waals surface area (Å²) in [5.74, 6) is 0.909. The predicted molar refractivity (Wildman–Crippen MR) is 74.6 cm³/mol. The molecule has 19 heavy (non-hydrogen) atoms. The first-order chi connectivity index (χ1) is 9.25. The second-order valence-electron chi connectivity index (χ2n) is 4.23. The quantitative estimate of drug-likeness (QED) is 0.807.